The Balaban J connectivity index is 0.963. The molecule has 0 bridgehead atoms. The van der Waals surface area contributed by atoms with E-state index in [-0.39, 0.29) is 38.1 Å². The van der Waals surface area contributed by atoms with Gasteiger partial charge in [0.15, 0.2) is 0 Å². The first kappa shape index (κ1) is 55.3. The smallest absolute Gasteiger partial charge is 0.252 e. The molecule has 0 spiro atoms. The Morgan fingerprint density at radius 1 is 0.295 bits per heavy atom. The largest absolute Gasteiger partial charge is 0.311 e. The summed E-state index contributed by atoms with van der Waals surface area (Å²) < 4.78 is 83.5. The Morgan fingerprint density at radius 2 is 0.724 bits per heavy atom. The first-order chi connectivity index (χ1) is 53.9. The summed E-state index contributed by atoms with van der Waals surface area (Å²) in [6.45, 7) is 26.2. The molecule has 105 heavy (non-hydrogen) atoms. The van der Waals surface area contributed by atoms with E-state index in [0.29, 0.717) is 45.3 Å². The van der Waals surface area contributed by atoms with E-state index in [2.05, 4.69) is 283 Å². The van der Waals surface area contributed by atoms with Crippen molar-refractivity contribution in [2.45, 2.75) is 105 Å². The van der Waals surface area contributed by atoms with E-state index in [1.54, 1.807) is 4.57 Å². The van der Waals surface area contributed by atoms with E-state index >= 15 is 0 Å². The molecule has 0 N–H and O–H groups in total. The summed E-state index contributed by atoms with van der Waals surface area (Å²) in [6, 6.07) is 76.6. The lowest BCUT2D eigenvalue weighted by molar-refractivity contribution is 0.590. The molecule has 0 fully saturated rings. The standard InChI is InChI=1S/C96H79BN8/c1-93(2,3)59-38-46-84-72(48-59)73-49-60(94(4,5)6)39-47-85(73)101(84)65-42-45-76-89(55-65)105(83-35-23-34-82(74(83)57-99)103-79-31-20-15-26-68(79)69-27-16-21-32-80(69)103)91-52-62(96(10,11)12)51-90-92(91)97(76)75-44-41-64(100-77-29-18-13-24-66(77)67-25-14-19-30-78(67)100)54-88(75)102(90)63-40-36-58(56-98)86(53-63)104-81-33-22-17-28-70(81)71-43-37-61(50-87(71)104)95(7,8)9/h13-55H,1-12H3/i13D,14D,18D,19D,24D,25D,29D,30D. The summed E-state index contributed by atoms with van der Waals surface area (Å²) >= 11 is 0. The van der Waals surface area contributed by atoms with Gasteiger partial charge in [-0.05, 0) is 188 Å². The SMILES string of the molecule is [2H]c1c([2H])c([2H])c2c(c1[2H])c1c([2H])c([2H])c([2H])c([2H])c1n2-c1ccc2c(c1)N(c1ccc(C#N)c(-n3c4ccccc4c4ccc(C(C)(C)C)cc43)c1)c1cc(C(C)(C)C)cc3c1B2c1ccc(-n2c4ccc(C(C)(C)C)cc4c4cc(C(C)(C)C)ccc42)cc1N3c1cccc(-n2c3ccccc3c3ccccc32)c1C#N. The van der Waals surface area contributed by atoms with Gasteiger partial charge in [0.1, 0.15) is 17.7 Å². The van der Waals surface area contributed by atoms with Crippen LogP contribution in [-0.4, -0.2) is 25.0 Å². The fourth-order valence-electron chi connectivity index (χ4n) is 17.0. The summed E-state index contributed by atoms with van der Waals surface area (Å²) in [4.78, 5) is 4.57. The molecule has 2 aliphatic rings. The van der Waals surface area contributed by atoms with Crippen molar-refractivity contribution in [2.24, 2.45) is 0 Å². The van der Waals surface area contributed by atoms with Crippen molar-refractivity contribution in [3.8, 4) is 34.9 Å². The molecule has 0 radical (unpaired) electrons. The average Bonchev–Trinajstić information content (AvgIpc) is 1.41. The summed E-state index contributed by atoms with van der Waals surface area (Å²) in [5.74, 6) is 0. The van der Waals surface area contributed by atoms with Crippen molar-refractivity contribution in [2.75, 3.05) is 9.80 Å². The lowest BCUT2D eigenvalue weighted by Crippen LogP contribution is -2.61. The Kier molecular flexibility index (Phi) is 11.9. The quantitative estimate of drug-likeness (QED) is 0.156. The molecule has 6 heterocycles. The molecule has 0 amide bonds. The lowest BCUT2D eigenvalue weighted by atomic mass is 9.33. The average molecular weight is 1360 g/mol. The molecule has 0 saturated carbocycles. The highest BCUT2D eigenvalue weighted by Crippen LogP contribution is 2.51. The highest BCUT2D eigenvalue weighted by Gasteiger charge is 2.46. The summed E-state index contributed by atoms with van der Waals surface area (Å²) in [5.41, 5.74) is 19.8. The van der Waals surface area contributed by atoms with Gasteiger partial charge in [-0.3, -0.25) is 0 Å². The van der Waals surface area contributed by atoms with Crippen LogP contribution in [0.25, 0.3) is 110 Å². The monoisotopic (exact) mass is 1360 g/mol. The Morgan fingerprint density at radius 3 is 1.25 bits per heavy atom. The molecule has 0 atom stereocenters. The third-order valence-electron chi connectivity index (χ3n) is 22.3. The minimum Gasteiger partial charge on any atom is -0.311 e. The summed E-state index contributed by atoms with van der Waals surface area (Å²) in [6.07, 6.45) is 0. The third kappa shape index (κ3) is 9.50. The van der Waals surface area contributed by atoms with Crippen molar-refractivity contribution >= 4 is 144 Å². The van der Waals surface area contributed by atoms with E-state index in [9.17, 15) is 18.7 Å². The number of benzene rings is 13. The number of hydrogen-bond donors (Lipinski definition) is 0. The van der Waals surface area contributed by atoms with Gasteiger partial charge in [-0.2, -0.15) is 10.5 Å². The Hall–Kier alpha value is -12.3. The minimum absolute atomic E-state index is 0.00315. The highest BCUT2D eigenvalue weighted by molar-refractivity contribution is 7.00. The number of nitriles is 2. The first-order valence-electron chi connectivity index (χ1n) is 40.1. The number of fused-ring (bicyclic) bond motifs is 16. The fourth-order valence-corrected chi connectivity index (χ4v) is 17.0. The van der Waals surface area contributed by atoms with E-state index in [0.717, 1.165) is 116 Å². The molecule has 19 rings (SSSR count). The number of nitrogens with zero attached hydrogens (tertiary/aromatic N) is 8. The third-order valence-corrected chi connectivity index (χ3v) is 22.3. The van der Waals surface area contributed by atoms with E-state index in [1.165, 1.54) is 11.1 Å². The van der Waals surface area contributed by atoms with Crippen LogP contribution in [0.4, 0.5) is 34.1 Å². The van der Waals surface area contributed by atoms with Crippen LogP contribution in [0.15, 0.2) is 261 Å². The van der Waals surface area contributed by atoms with Gasteiger partial charge >= 0.3 is 0 Å². The Labute approximate surface area is 624 Å². The zero-order chi connectivity index (χ0) is 79.0. The van der Waals surface area contributed by atoms with Gasteiger partial charge in [-0.25, -0.2) is 0 Å². The molecule has 0 aliphatic carbocycles. The number of para-hydroxylation sites is 5. The molecule has 17 aromatic rings. The first-order valence-corrected chi connectivity index (χ1v) is 36.1. The van der Waals surface area contributed by atoms with Crippen molar-refractivity contribution in [1.29, 1.82) is 10.5 Å². The predicted molar refractivity (Wildman–Crippen MR) is 442 cm³/mol. The number of hydrogen-bond acceptors (Lipinski definition) is 4. The van der Waals surface area contributed by atoms with Crippen molar-refractivity contribution in [3.05, 3.63) is 294 Å². The molecule has 2 aliphatic heterocycles. The van der Waals surface area contributed by atoms with E-state index in [4.69, 9.17) is 2.74 Å². The molecule has 9 heteroatoms. The van der Waals surface area contributed by atoms with Gasteiger partial charge in [0, 0.05) is 82.9 Å². The predicted octanol–water partition coefficient (Wildman–Crippen LogP) is 23.1. The van der Waals surface area contributed by atoms with E-state index < -0.39 is 60.5 Å². The van der Waals surface area contributed by atoms with Crippen LogP contribution >= 0.6 is 0 Å². The van der Waals surface area contributed by atoms with Crippen molar-refractivity contribution < 1.29 is 11.0 Å². The molecule has 0 saturated heterocycles. The van der Waals surface area contributed by atoms with Gasteiger partial charge < -0.3 is 28.1 Å². The van der Waals surface area contributed by atoms with Gasteiger partial charge in [-0.1, -0.05) is 216 Å². The maximum Gasteiger partial charge on any atom is 0.252 e. The normalized spacial score (nSPS) is 14.3. The van der Waals surface area contributed by atoms with Crippen molar-refractivity contribution in [3.63, 3.8) is 0 Å². The maximum atomic E-state index is 12.4. The number of rotatable bonds is 6. The highest BCUT2D eigenvalue weighted by atomic mass is 15.2. The Bertz CT molecular complexity index is 7010. The van der Waals surface area contributed by atoms with Gasteiger partial charge in [-0.15, -0.1) is 0 Å². The second-order valence-electron chi connectivity index (χ2n) is 32.7. The lowest BCUT2D eigenvalue weighted by Gasteiger charge is -2.45. The molecular formula is C96H79BN8. The summed E-state index contributed by atoms with van der Waals surface area (Å²) in [7, 11) is 0. The second-order valence-corrected chi connectivity index (χ2v) is 32.7. The zero-order valence-corrected chi connectivity index (χ0v) is 60.9. The minimum atomic E-state index is -0.582. The van der Waals surface area contributed by atoms with Crippen LogP contribution in [0.2, 0.25) is 0 Å². The number of aromatic nitrogens is 4. The van der Waals surface area contributed by atoms with Gasteiger partial charge in [0.25, 0.3) is 6.71 Å². The molecule has 0 unspecified atom stereocenters. The van der Waals surface area contributed by atoms with Crippen LogP contribution in [0, 0.1) is 22.7 Å². The molecule has 8 nitrogen and oxygen atoms in total. The topological polar surface area (TPSA) is 73.8 Å². The number of anilines is 6. The molecule has 506 valence electrons. The van der Waals surface area contributed by atoms with E-state index in [1.807, 2.05) is 48.5 Å². The second kappa shape index (κ2) is 22.6. The maximum absolute atomic E-state index is 12.4. The van der Waals surface area contributed by atoms with Crippen LogP contribution in [0.1, 0.15) is 127 Å². The van der Waals surface area contributed by atoms with Crippen LogP contribution in [0.3, 0.4) is 0 Å². The van der Waals surface area contributed by atoms with Gasteiger partial charge in [0.2, 0.25) is 0 Å². The fraction of sp³-hybridized carbons (Fsp3) is 0.167. The zero-order valence-electron chi connectivity index (χ0n) is 68.9. The summed E-state index contributed by atoms with van der Waals surface area (Å²) in [5, 5.41) is 30.4. The van der Waals surface area contributed by atoms with Crippen LogP contribution in [0.5, 0.6) is 0 Å². The molecule has 4 aromatic heterocycles. The van der Waals surface area contributed by atoms with Gasteiger partial charge in [0.05, 0.1) is 77.7 Å². The van der Waals surface area contributed by atoms with Crippen LogP contribution < -0.4 is 26.2 Å². The van der Waals surface area contributed by atoms with Crippen LogP contribution in [-0.2, 0) is 21.7 Å². The molecule has 13 aromatic carbocycles. The van der Waals surface area contributed by atoms with Crippen molar-refractivity contribution in [1.82, 2.24) is 18.3 Å². The molecular weight excluding hydrogens is 1280 g/mol.